The monoisotopic (exact) mass is 454 g/mol. The van der Waals surface area contributed by atoms with Crippen molar-refractivity contribution in [2.45, 2.75) is 24.3 Å². The van der Waals surface area contributed by atoms with Crippen LogP contribution in [0.3, 0.4) is 0 Å². The number of benzene rings is 3. The van der Waals surface area contributed by atoms with Gasteiger partial charge in [0.05, 0.1) is 18.4 Å². The van der Waals surface area contributed by atoms with E-state index < -0.39 is 10.0 Å². The summed E-state index contributed by atoms with van der Waals surface area (Å²) in [4.78, 5) is 12.4. The largest absolute Gasteiger partial charge is 0.493 e. The molecular formula is C24H26N2O5S. The van der Waals surface area contributed by atoms with Crippen molar-refractivity contribution < 1.29 is 22.7 Å². The zero-order valence-electron chi connectivity index (χ0n) is 17.8. The molecule has 0 aromatic heterocycles. The van der Waals surface area contributed by atoms with E-state index in [1.54, 1.807) is 31.4 Å². The first-order valence-corrected chi connectivity index (χ1v) is 11.6. The van der Waals surface area contributed by atoms with Crippen molar-refractivity contribution in [3.8, 4) is 11.5 Å². The SMILES string of the molecule is COc1cc(CC(=O)NCCc2ccc(S(N)(=O)=O)cc2)ccc1OCc1ccccc1. The van der Waals surface area contributed by atoms with Crippen molar-refractivity contribution in [3.05, 3.63) is 89.5 Å². The molecule has 3 N–H and O–H groups in total. The third-order valence-corrected chi connectivity index (χ3v) is 5.75. The highest BCUT2D eigenvalue weighted by Crippen LogP contribution is 2.29. The van der Waals surface area contributed by atoms with Crippen LogP contribution in [-0.4, -0.2) is 28.0 Å². The minimum atomic E-state index is -3.70. The third-order valence-electron chi connectivity index (χ3n) is 4.82. The number of amides is 1. The summed E-state index contributed by atoms with van der Waals surface area (Å²) in [6, 6.07) is 21.6. The van der Waals surface area contributed by atoms with Crippen molar-refractivity contribution in [2.75, 3.05) is 13.7 Å². The van der Waals surface area contributed by atoms with Gasteiger partial charge in [-0.1, -0.05) is 48.5 Å². The number of rotatable bonds is 10. The summed E-state index contributed by atoms with van der Waals surface area (Å²) in [7, 11) is -2.14. The Morgan fingerprint density at radius 3 is 2.25 bits per heavy atom. The fraction of sp³-hybridized carbons (Fsp3) is 0.208. The van der Waals surface area contributed by atoms with Crippen LogP contribution in [0.5, 0.6) is 11.5 Å². The maximum Gasteiger partial charge on any atom is 0.238 e. The van der Waals surface area contributed by atoms with Crippen molar-refractivity contribution in [3.63, 3.8) is 0 Å². The molecule has 0 bridgehead atoms. The molecule has 0 atom stereocenters. The quantitative estimate of drug-likeness (QED) is 0.490. The first-order valence-electron chi connectivity index (χ1n) is 10.1. The third kappa shape index (κ3) is 6.83. The number of carbonyl (C=O) groups is 1. The Labute approximate surface area is 188 Å². The average molecular weight is 455 g/mol. The molecule has 3 aromatic carbocycles. The van der Waals surface area contributed by atoms with Gasteiger partial charge in [-0.15, -0.1) is 0 Å². The lowest BCUT2D eigenvalue weighted by atomic mass is 10.1. The lowest BCUT2D eigenvalue weighted by molar-refractivity contribution is -0.120. The molecule has 1 amide bonds. The highest BCUT2D eigenvalue weighted by Gasteiger charge is 2.10. The normalized spacial score (nSPS) is 11.1. The molecule has 7 nitrogen and oxygen atoms in total. The van der Waals surface area contributed by atoms with Crippen LogP contribution in [0.1, 0.15) is 16.7 Å². The molecule has 0 heterocycles. The maximum absolute atomic E-state index is 12.3. The second-order valence-corrected chi connectivity index (χ2v) is 8.79. The molecule has 0 aliphatic carbocycles. The lowest BCUT2D eigenvalue weighted by Crippen LogP contribution is -2.27. The molecule has 0 unspecified atom stereocenters. The highest BCUT2D eigenvalue weighted by atomic mass is 32.2. The Bertz CT molecular complexity index is 1150. The first kappa shape index (κ1) is 23.3. The summed E-state index contributed by atoms with van der Waals surface area (Å²) >= 11 is 0. The number of methoxy groups -OCH3 is 1. The van der Waals surface area contributed by atoms with E-state index in [0.717, 1.165) is 16.7 Å². The molecular weight excluding hydrogens is 428 g/mol. The van der Waals surface area contributed by atoms with Gasteiger partial charge in [-0.25, -0.2) is 13.6 Å². The van der Waals surface area contributed by atoms with Crippen molar-refractivity contribution >= 4 is 15.9 Å². The fourth-order valence-electron chi connectivity index (χ4n) is 3.12. The van der Waals surface area contributed by atoms with Crippen LogP contribution in [0.15, 0.2) is 77.7 Å². The van der Waals surface area contributed by atoms with Crippen molar-refractivity contribution in [1.82, 2.24) is 5.32 Å². The summed E-state index contributed by atoms with van der Waals surface area (Å²) in [5, 5.41) is 7.96. The number of ether oxygens (including phenoxy) is 2. The fourth-order valence-corrected chi connectivity index (χ4v) is 3.63. The van der Waals surface area contributed by atoms with Gasteiger partial charge in [0.25, 0.3) is 0 Å². The van der Waals surface area contributed by atoms with E-state index in [9.17, 15) is 13.2 Å². The minimum Gasteiger partial charge on any atom is -0.493 e. The van der Waals surface area contributed by atoms with Gasteiger partial charge in [-0.05, 0) is 47.4 Å². The summed E-state index contributed by atoms with van der Waals surface area (Å²) in [5.74, 6) is 1.07. The molecule has 3 rings (SSSR count). The average Bonchev–Trinajstić information content (AvgIpc) is 2.78. The molecule has 0 saturated carbocycles. The zero-order chi connectivity index (χ0) is 23.0. The topological polar surface area (TPSA) is 108 Å². The van der Waals surface area contributed by atoms with Gasteiger partial charge >= 0.3 is 0 Å². The number of carbonyl (C=O) groups excluding carboxylic acids is 1. The standard InChI is InChI=1S/C24H26N2O5S/c1-30-23-15-20(9-12-22(23)31-17-19-5-3-2-4-6-19)16-24(27)26-14-13-18-7-10-21(11-8-18)32(25,28)29/h2-12,15H,13-14,16-17H2,1H3,(H,26,27)(H2,25,28,29). The highest BCUT2D eigenvalue weighted by molar-refractivity contribution is 7.89. The van der Waals surface area contributed by atoms with E-state index >= 15 is 0 Å². The van der Waals surface area contributed by atoms with Gasteiger partial charge in [0, 0.05) is 6.54 Å². The molecule has 168 valence electrons. The van der Waals surface area contributed by atoms with E-state index in [-0.39, 0.29) is 17.2 Å². The van der Waals surface area contributed by atoms with E-state index in [2.05, 4.69) is 5.32 Å². The smallest absolute Gasteiger partial charge is 0.238 e. The van der Waals surface area contributed by atoms with E-state index in [4.69, 9.17) is 14.6 Å². The van der Waals surface area contributed by atoms with Gasteiger partial charge in [0.2, 0.25) is 15.9 Å². The van der Waals surface area contributed by atoms with Crippen molar-refractivity contribution in [1.29, 1.82) is 0 Å². The molecule has 8 heteroatoms. The lowest BCUT2D eigenvalue weighted by Gasteiger charge is -2.12. The number of primary sulfonamides is 1. The van der Waals surface area contributed by atoms with Gasteiger partial charge in [0.15, 0.2) is 11.5 Å². The summed E-state index contributed by atoms with van der Waals surface area (Å²) in [6.45, 7) is 0.859. The summed E-state index contributed by atoms with van der Waals surface area (Å²) in [5.41, 5.74) is 2.76. The van der Waals surface area contributed by atoms with Crippen LogP contribution in [0.2, 0.25) is 0 Å². The summed E-state index contributed by atoms with van der Waals surface area (Å²) < 4.78 is 33.9. The van der Waals surface area contributed by atoms with Crippen molar-refractivity contribution in [2.24, 2.45) is 5.14 Å². The summed E-state index contributed by atoms with van der Waals surface area (Å²) in [6.07, 6.45) is 0.784. The Kier molecular flexibility index (Phi) is 7.86. The molecule has 32 heavy (non-hydrogen) atoms. The number of sulfonamides is 1. The predicted octanol–water partition coefficient (Wildman–Crippen LogP) is 2.82. The number of nitrogens with one attached hydrogen (secondary N) is 1. The molecule has 0 saturated heterocycles. The van der Waals surface area contributed by atoms with Crippen LogP contribution < -0.4 is 19.9 Å². The Hall–Kier alpha value is -3.36. The molecule has 0 aliphatic rings. The zero-order valence-corrected chi connectivity index (χ0v) is 18.6. The number of hydrogen-bond donors (Lipinski definition) is 2. The van der Waals surface area contributed by atoms with E-state index in [0.29, 0.717) is 31.1 Å². The molecule has 0 aliphatic heterocycles. The van der Waals surface area contributed by atoms with Crippen LogP contribution in [0.4, 0.5) is 0 Å². The molecule has 3 aromatic rings. The Balaban J connectivity index is 1.50. The van der Waals surface area contributed by atoms with Gasteiger partial charge in [-0.2, -0.15) is 0 Å². The first-order chi connectivity index (χ1) is 15.3. The second kappa shape index (κ2) is 10.8. The van der Waals surface area contributed by atoms with Crippen LogP contribution in [-0.2, 0) is 34.3 Å². The molecule has 0 fully saturated rings. The Morgan fingerprint density at radius 1 is 0.906 bits per heavy atom. The van der Waals surface area contributed by atoms with E-state index in [1.807, 2.05) is 36.4 Å². The van der Waals surface area contributed by atoms with Gasteiger partial charge < -0.3 is 14.8 Å². The second-order valence-electron chi connectivity index (χ2n) is 7.23. The number of hydrogen-bond acceptors (Lipinski definition) is 5. The minimum absolute atomic E-state index is 0.0652. The maximum atomic E-state index is 12.3. The van der Waals surface area contributed by atoms with Crippen LogP contribution in [0, 0.1) is 0 Å². The molecule has 0 spiro atoms. The predicted molar refractivity (Wildman–Crippen MR) is 122 cm³/mol. The Morgan fingerprint density at radius 2 is 1.59 bits per heavy atom. The van der Waals surface area contributed by atoms with Gasteiger partial charge in [0.1, 0.15) is 6.61 Å². The van der Waals surface area contributed by atoms with Gasteiger partial charge in [-0.3, -0.25) is 4.79 Å². The number of nitrogens with two attached hydrogens (primary N) is 1. The van der Waals surface area contributed by atoms with E-state index in [1.165, 1.54) is 12.1 Å². The van der Waals surface area contributed by atoms with Crippen LogP contribution >= 0.6 is 0 Å². The molecule has 0 radical (unpaired) electrons. The van der Waals surface area contributed by atoms with Crippen LogP contribution in [0.25, 0.3) is 0 Å².